The van der Waals surface area contributed by atoms with Gasteiger partial charge in [-0.1, -0.05) is 40.9 Å². The Labute approximate surface area is 192 Å². The Morgan fingerprint density at radius 1 is 1.03 bits per heavy atom. The monoisotopic (exact) mass is 506 g/mol. The summed E-state index contributed by atoms with van der Waals surface area (Å²) in [6, 6.07) is 13.6. The van der Waals surface area contributed by atoms with Crippen molar-refractivity contribution >= 4 is 33.4 Å². The minimum atomic E-state index is -4.76. The van der Waals surface area contributed by atoms with Crippen molar-refractivity contribution in [3.8, 4) is 17.0 Å². The van der Waals surface area contributed by atoms with Gasteiger partial charge in [-0.05, 0) is 55.7 Å². The molecule has 0 unspecified atom stereocenters. The minimum Gasteiger partial charge on any atom is -0.406 e. The number of ether oxygens (including phenoxy) is 1. The molecule has 0 saturated heterocycles. The lowest BCUT2D eigenvalue weighted by molar-refractivity contribution is -0.274. The summed E-state index contributed by atoms with van der Waals surface area (Å²) in [6.07, 6.45) is -0.380. The van der Waals surface area contributed by atoms with E-state index in [4.69, 9.17) is 0 Å². The van der Waals surface area contributed by atoms with Crippen molar-refractivity contribution in [2.75, 3.05) is 10.6 Å². The second kappa shape index (κ2) is 9.36. The molecule has 1 aromatic heterocycles. The highest BCUT2D eigenvalue weighted by atomic mass is 79.9. The van der Waals surface area contributed by atoms with Crippen LogP contribution in [0.15, 0.2) is 53.0 Å². The summed E-state index contributed by atoms with van der Waals surface area (Å²) < 4.78 is 43.1. The first-order chi connectivity index (χ1) is 15.2. The molecule has 2 N–H and O–H groups in total. The van der Waals surface area contributed by atoms with E-state index in [1.807, 2.05) is 25.1 Å². The molecule has 0 radical (unpaired) electrons. The fourth-order valence-electron chi connectivity index (χ4n) is 3.70. The van der Waals surface area contributed by atoms with Gasteiger partial charge in [-0.2, -0.15) is 4.98 Å². The molecule has 1 heterocycles. The molecule has 9 heteroatoms. The summed E-state index contributed by atoms with van der Waals surface area (Å²) in [6.45, 7) is 1.99. The van der Waals surface area contributed by atoms with Gasteiger partial charge >= 0.3 is 6.36 Å². The number of hydrogen-bond acceptors (Lipinski definition) is 5. The van der Waals surface area contributed by atoms with Crippen LogP contribution in [0.2, 0.25) is 0 Å². The Morgan fingerprint density at radius 2 is 1.81 bits per heavy atom. The first kappa shape index (κ1) is 22.4. The van der Waals surface area contributed by atoms with Gasteiger partial charge in [0.2, 0.25) is 5.95 Å². The first-order valence-corrected chi connectivity index (χ1v) is 11.1. The van der Waals surface area contributed by atoms with Crippen molar-refractivity contribution in [2.45, 2.75) is 45.0 Å². The van der Waals surface area contributed by atoms with Crippen LogP contribution in [0.25, 0.3) is 11.3 Å². The molecule has 5 nitrogen and oxygen atoms in total. The number of anilines is 3. The van der Waals surface area contributed by atoms with Crippen molar-refractivity contribution in [3.05, 3.63) is 58.6 Å². The number of rotatable bonds is 6. The van der Waals surface area contributed by atoms with E-state index < -0.39 is 6.36 Å². The molecular formula is C23H22BrF3N4O. The van der Waals surface area contributed by atoms with Crippen molar-refractivity contribution in [2.24, 2.45) is 0 Å². The van der Waals surface area contributed by atoms with Gasteiger partial charge in [0.05, 0.1) is 5.69 Å². The summed E-state index contributed by atoms with van der Waals surface area (Å²) in [5, 5.41) is 6.65. The van der Waals surface area contributed by atoms with Gasteiger partial charge in [0.1, 0.15) is 11.6 Å². The first-order valence-electron chi connectivity index (χ1n) is 10.3. The maximum Gasteiger partial charge on any atom is 0.573 e. The van der Waals surface area contributed by atoms with E-state index in [2.05, 4.69) is 41.3 Å². The molecule has 0 spiro atoms. The molecule has 32 heavy (non-hydrogen) atoms. The fraction of sp³-hybridized carbons (Fsp3) is 0.304. The number of aromatic nitrogens is 2. The van der Waals surface area contributed by atoms with E-state index in [1.165, 1.54) is 18.2 Å². The molecule has 1 aliphatic carbocycles. The van der Waals surface area contributed by atoms with Gasteiger partial charge in [0.15, 0.2) is 0 Å². The van der Waals surface area contributed by atoms with Crippen LogP contribution in [0.1, 0.15) is 31.2 Å². The van der Waals surface area contributed by atoms with Crippen LogP contribution in [-0.4, -0.2) is 22.4 Å². The average molecular weight is 507 g/mol. The predicted molar refractivity (Wildman–Crippen MR) is 122 cm³/mol. The summed E-state index contributed by atoms with van der Waals surface area (Å²) in [7, 11) is 0. The van der Waals surface area contributed by atoms with Crippen LogP contribution in [0.5, 0.6) is 5.75 Å². The average Bonchev–Trinajstić information content (AvgIpc) is 3.22. The lowest BCUT2D eigenvalue weighted by atomic mass is 10.1. The largest absolute Gasteiger partial charge is 0.573 e. The molecule has 168 valence electrons. The molecule has 2 aromatic carbocycles. The summed E-state index contributed by atoms with van der Waals surface area (Å²) >= 11 is 3.49. The molecule has 0 atom stereocenters. The Kier molecular flexibility index (Phi) is 6.55. The Morgan fingerprint density at radius 3 is 2.53 bits per heavy atom. The third-order valence-electron chi connectivity index (χ3n) is 5.21. The summed E-state index contributed by atoms with van der Waals surface area (Å²) in [5.41, 5.74) is 2.89. The van der Waals surface area contributed by atoms with Crippen LogP contribution >= 0.6 is 15.9 Å². The Bertz CT molecular complexity index is 1100. The Hall–Kier alpha value is -2.81. The van der Waals surface area contributed by atoms with Crippen LogP contribution in [0.3, 0.4) is 0 Å². The van der Waals surface area contributed by atoms with Crippen LogP contribution in [0, 0.1) is 6.92 Å². The maximum absolute atomic E-state index is 12.7. The normalized spacial score (nSPS) is 14.4. The van der Waals surface area contributed by atoms with E-state index in [0.717, 1.165) is 41.4 Å². The van der Waals surface area contributed by atoms with E-state index in [-0.39, 0.29) is 11.8 Å². The highest BCUT2D eigenvalue weighted by Gasteiger charge is 2.31. The van der Waals surface area contributed by atoms with Gasteiger partial charge in [0.25, 0.3) is 0 Å². The lowest BCUT2D eigenvalue weighted by Crippen LogP contribution is -2.17. The second-order valence-corrected chi connectivity index (χ2v) is 8.61. The molecule has 3 aromatic rings. The Balaban J connectivity index is 1.68. The topological polar surface area (TPSA) is 59.1 Å². The van der Waals surface area contributed by atoms with Gasteiger partial charge in [-0.15, -0.1) is 13.2 Å². The third-order valence-corrected chi connectivity index (χ3v) is 6.10. The number of halogens is 4. The van der Waals surface area contributed by atoms with Gasteiger partial charge in [-0.25, -0.2) is 4.98 Å². The number of nitrogens with one attached hydrogen (secondary N) is 2. The number of alkyl halides is 3. The van der Waals surface area contributed by atoms with E-state index >= 15 is 0 Å². The molecule has 4 rings (SSSR count). The van der Waals surface area contributed by atoms with Crippen LogP contribution in [0.4, 0.5) is 30.6 Å². The third kappa shape index (κ3) is 5.91. The van der Waals surface area contributed by atoms with Gasteiger partial charge in [-0.3, -0.25) is 0 Å². The minimum absolute atomic E-state index is 0.285. The number of benzene rings is 2. The molecule has 1 fully saturated rings. The standard InChI is InChI=1S/C23H22BrF3N4O/c1-14-11-17(9-10-19(14)24)28-21-13-20(30-22(31-21)29-16-6-2-3-7-16)15-5-4-8-18(12-15)32-23(25,26)27/h4-5,8-13,16H,2-3,6-7H2,1H3,(H2,28,29,30,31). The van der Waals surface area contributed by atoms with Gasteiger partial charge in [0, 0.05) is 27.8 Å². The molecule has 1 aliphatic rings. The van der Waals surface area contributed by atoms with Crippen molar-refractivity contribution in [1.29, 1.82) is 0 Å². The zero-order chi connectivity index (χ0) is 22.7. The molecule has 1 saturated carbocycles. The fourth-order valence-corrected chi connectivity index (χ4v) is 3.95. The number of hydrogen-bond donors (Lipinski definition) is 2. The highest BCUT2D eigenvalue weighted by molar-refractivity contribution is 9.10. The maximum atomic E-state index is 12.7. The molecule has 0 bridgehead atoms. The highest BCUT2D eigenvalue weighted by Crippen LogP contribution is 2.30. The van der Waals surface area contributed by atoms with Crippen LogP contribution < -0.4 is 15.4 Å². The predicted octanol–water partition coefficient (Wildman–Crippen LogP) is 7.21. The van der Waals surface area contributed by atoms with E-state index in [1.54, 1.807) is 12.1 Å². The van der Waals surface area contributed by atoms with Crippen molar-refractivity contribution < 1.29 is 17.9 Å². The van der Waals surface area contributed by atoms with Crippen LogP contribution in [-0.2, 0) is 0 Å². The summed E-state index contributed by atoms with van der Waals surface area (Å²) in [4.78, 5) is 9.17. The SMILES string of the molecule is Cc1cc(Nc2cc(-c3cccc(OC(F)(F)F)c3)nc(NC3CCCC3)n2)ccc1Br. The van der Waals surface area contributed by atoms with Crippen molar-refractivity contribution in [3.63, 3.8) is 0 Å². The van der Waals surface area contributed by atoms with E-state index in [0.29, 0.717) is 23.0 Å². The number of aryl methyl sites for hydroxylation is 1. The summed E-state index contributed by atoms with van der Waals surface area (Å²) in [5.74, 6) is 0.684. The lowest BCUT2D eigenvalue weighted by Gasteiger charge is -2.16. The molecule has 0 amide bonds. The van der Waals surface area contributed by atoms with Gasteiger partial charge < -0.3 is 15.4 Å². The van der Waals surface area contributed by atoms with Crippen molar-refractivity contribution in [1.82, 2.24) is 9.97 Å². The van der Waals surface area contributed by atoms with E-state index in [9.17, 15) is 13.2 Å². The zero-order valence-corrected chi connectivity index (χ0v) is 18.9. The quantitative estimate of drug-likeness (QED) is 0.369. The molecule has 0 aliphatic heterocycles. The smallest absolute Gasteiger partial charge is 0.406 e. The molecular weight excluding hydrogens is 485 g/mol. The zero-order valence-electron chi connectivity index (χ0n) is 17.3. The number of nitrogens with zero attached hydrogens (tertiary/aromatic N) is 2. The second-order valence-electron chi connectivity index (χ2n) is 7.75.